The maximum Gasteiger partial charge on any atom is 0.238 e. The first-order valence-corrected chi connectivity index (χ1v) is 6.14. The third kappa shape index (κ3) is 4.19. The van der Waals surface area contributed by atoms with Crippen molar-refractivity contribution in [2.75, 3.05) is 11.9 Å². The molecule has 0 fully saturated rings. The van der Waals surface area contributed by atoms with Gasteiger partial charge in [-0.3, -0.25) is 4.79 Å². The summed E-state index contributed by atoms with van der Waals surface area (Å²) in [6.07, 6.45) is 1.02. The lowest BCUT2D eigenvalue weighted by Gasteiger charge is -2.13. The lowest BCUT2D eigenvalue weighted by atomic mass is 10.1. The summed E-state index contributed by atoms with van der Waals surface area (Å²) in [5, 5.41) is 6.10. The van der Waals surface area contributed by atoms with Crippen LogP contribution in [-0.2, 0) is 4.79 Å². The molecule has 1 aromatic carbocycles. The van der Waals surface area contributed by atoms with E-state index in [9.17, 15) is 4.79 Å². The molecule has 0 aliphatic heterocycles. The highest BCUT2D eigenvalue weighted by Crippen LogP contribution is 2.17. The first-order chi connectivity index (χ1) is 8.04. The van der Waals surface area contributed by atoms with Gasteiger partial charge in [-0.05, 0) is 44.4 Å². The molecular formula is C14H22N2O. The number of hydrogen-bond acceptors (Lipinski definition) is 2. The Morgan fingerprint density at radius 2 is 2.06 bits per heavy atom. The molecular weight excluding hydrogens is 212 g/mol. The molecule has 3 nitrogen and oxygen atoms in total. The number of benzene rings is 1. The molecule has 0 aliphatic carbocycles. The molecule has 0 radical (unpaired) electrons. The van der Waals surface area contributed by atoms with E-state index in [2.05, 4.69) is 24.5 Å². The maximum atomic E-state index is 11.7. The zero-order valence-electron chi connectivity index (χ0n) is 11.1. The minimum Gasteiger partial charge on any atom is -0.325 e. The molecule has 0 saturated carbocycles. The molecule has 1 atom stereocenters. The van der Waals surface area contributed by atoms with Crippen molar-refractivity contribution in [3.63, 3.8) is 0 Å². The Kier molecular flexibility index (Phi) is 5.16. The Hall–Kier alpha value is -1.35. The smallest absolute Gasteiger partial charge is 0.238 e. The molecule has 0 spiro atoms. The van der Waals surface area contributed by atoms with Gasteiger partial charge in [0.2, 0.25) is 5.91 Å². The average Bonchev–Trinajstić information content (AvgIpc) is 2.32. The molecule has 0 heterocycles. The molecule has 3 heteroatoms. The van der Waals surface area contributed by atoms with Gasteiger partial charge < -0.3 is 10.6 Å². The Morgan fingerprint density at radius 1 is 1.35 bits per heavy atom. The van der Waals surface area contributed by atoms with Crippen LogP contribution in [-0.4, -0.2) is 18.5 Å². The summed E-state index contributed by atoms with van der Waals surface area (Å²) in [7, 11) is 0. The highest BCUT2D eigenvalue weighted by atomic mass is 16.1. The molecule has 1 amide bonds. The molecule has 0 aromatic heterocycles. The fourth-order valence-electron chi connectivity index (χ4n) is 1.49. The van der Waals surface area contributed by atoms with Crippen molar-refractivity contribution in [3.05, 3.63) is 29.3 Å². The summed E-state index contributed by atoms with van der Waals surface area (Å²) in [6, 6.07) is 6.31. The second-order valence-electron chi connectivity index (χ2n) is 4.49. The lowest BCUT2D eigenvalue weighted by molar-refractivity contribution is -0.115. The second-order valence-corrected chi connectivity index (χ2v) is 4.49. The number of nitrogens with one attached hydrogen (secondary N) is 2. The molecule has 0 unspecified atom stereocenters. The summed E-state index contributed by atoms with van der Waals surface area (Å²) < 4.78 is 0. The van der Waals surface area contributed by atoms with E-state index in [0.717, 1.165) is 17.7 Å². The van der Waals surface area contributed by atoms with Crippen molar-refractivity contribution in [3.8, 4) is 0 Å². The highest BCUT2D eigenvalue weighted by molar-refractivity contribution is 5.93. The number of amides is 1. The molecule has 17 heavy (non-hydrogen) atoms. The SMILES string of the molecule is CC[C@@H](C)NCC(=O)Nc1cccc(C)c1C. The van der Waals surface area contributed by atoms with E-state index in [0.29, 0.717) is 12.6 Å². The standard InChI is InChI=1S/C14H22N2O/c1-5-11(3)15-9-14(17)16-13-8-6-7-10(2)12(13)4/h6-8,11,15H,5,9H2,1-4H3,(H,16,17)/t11-/m1/s1. The lowest BCUT2D eigenvalue weighted by Crippen LogP contribution is -2.34. The zero-order chi connectivity index (χ0) is 12.8. The van der Waals surface area contributed by atoms with Gasteiger partial charge >= 0.3 is 0 Å². The predicted molar refractivity (Wildman–Crippen MR) is 72.3 cm³/mol. The van der Waals surface area contributed by atoms with Crippen molar-refractivity contribution in [1.29, 1.82) is 0 Å². The highest BCUT2D eigenvalue weighted by Gasteiger charge is 2.06. The number of aryl methyl sites for hydroxylation is 1. The van der Waals surface area contributed by atoms with Gasteiger partial charge in [0.15, 0.2) is 0 Å². The van der Waals surface area contributed by atoms with Gasteiger partial charge in [0.05, 0.1) is 6.54 Å². The van der Waals surface area contributed by atoms with Gasteiger partial charge in [-0.2, -0.15) is 0 Å². The van der Waals surface area contributed by atoms with Crippen LogP contribution >= 0.6 is 0 Å². The van der Waals surface area contributed by atoms with Crippen LogP contribution < -0.4 is 10.6 Å². The summed E-state index contributed by atoms with van der Waals surface area (Å²) in [4.78, 5) is 11.7. The molecule has 0 aliphatic rings. The number of carbonyl (C=O) groups excluding carboxylic acids is 1. The Morgan fingerprint density at radius 3 is 2.71 bits per heavy atom. The minimum absolute atomic E-state index is 0.0130. The summed E-state index contributed by atoms with van der Waals surface area (Å²) >= 11 is 0. The van der Waals surface area contributed by atoms with E-state index >= 15 is 0 Å². The van der Waals surface area contributed by atoms with Crippen molar-refractivity contribution in [2.45, 2.75) is 40.2 Å². The van der Waals surface area contributed by atoms with Crippen molar-refractivity contribution in [2.24, 2.45) is 0 Å². The Labute approximate surface area is 104 Å². The quantitative estimate of drug-likeness (QED) is 0.822. The predicted octanol–water partition coefficient (Wildman–Crippen LogP) is 2.63. The first-order valence-electron chi connectivity index (χ1n) is 6.14. The van der Waals surface area contributed by atoms with E-state index in [1.807, 2.05) is 32.0 Å². The van der Waals surface area contributed by atoms with E-state index in [1.165, 1.54) is 5.56 Å². The van der Waals surface area contributed by atoms with E-state index in [4.69, 9.17) is 0 Å². The summed E-state index contributed by atoms with van der Waals surface area (Å²) in [6.45, 7) is 8.60. The van der Waals surface area contributed by atoms with Gasteiger partial charge in [0.1, 0.15) is 0 Å². The number of carbonyl (C=O) groups is 1. The van der Waals surface area contributed by atoms with Crippen LogP contribution in [0.25, 0.3) is 0 Å². The summed E-state index contributed by atoms with van der Waals surface area (Å²) in [5.74, 6) is 0.0130. The molecule has 1 aromatic rings. The second kappa shape index (κ2) is 6.40. The van der Waals surface area contributed by atoms with Crippen LogP contribution in [0, 0.1) is 13.8 Å². The van der Waals surface area contributed by atoms with Crippen LogP contribution in [0.1, 0.15) is 31.4 Å². The third-order valence-electron chi connectivity index (χ3n) is 3.10. The van der Waals surface area contributed by atoms with Crippen molar-refractivity contribution < 1.29 is 4.79 Å². The molecule has 0 bridgehead atoms. The molecule has 2 N–H and O–H groups in total. The topological polar surface area (TPSA) is 41.1 Å². The fraction of sp³-hybridized carbons (Fsp3) is 0.500. The van der Waals surface area contributed by atoms with E-state index < -0.39 is 0 Å². The van der Waals surface area contributed by atoms with Gasteiger partial charge in [0, 0.05) is 11.7 Å². The Bertz CT molecular complexity index is 388. The van der Waals surface area contributed by atoms with Crippen molar-refractivity contribution in [1.82, 2.24) is 5.32 Å². The van der Waals surface area contributed by atoms with Gasteiger partial charge in [-0.25, -0.2) is 0 Å². The Balaban J connectivity index is 2.54. The maximum absolute atomic E-state index is 11.7. The average molecular weight is 234 g/mol. The van der Waals surface area contributed by atoms with Gasteiger partial charge in [-0.15, -0.1) is 0 Å². The largest absolute Gasteiger partial charge is 0.325 e. The normalized spacial score (nSPS) is 12.2. The fourth-order valence-corrected chi connectivity index (χ4v) is 1.49. The van der Waals surface area contributed by atoms with Gasteiger partial charge in [0.25, 0.3) is 0 Å². The van der Waals surface area contributed by atoms with Crippen LogP contribution in [0.2, 0.25) is 0 Å². The molecule has 1 rings (SSSR count). The molecule has 0 saturated heterocycles. The zero-order valence-corrected chi connectivity index (χ0v) is 11.1. The third-order valence-corrected chi connectivity index (χ3v) is 3.10. The van der Waals surface area contributed by atoms with Crippen LogP contribution in [0.15, 0.2) is 18.2 Å². The van der Waals surface area contributed by atoms with E-state index in [1.54, 1.807) is 0 Å². The number of hydrogen-bond donors (Lipinski definition) is 2. The first kappa shape index (κ1) is 13.7. The van der Waals surface area contributed by atoms with Crippen LogP contribution in [0.3, 0.4) is 0 Å². The van der Waals surface area contributed by atoms with Gasteiger partial charge in [-0.1, -0.05) is 19.1 Å². The van der Waals surface area contributed by atoms with E-state index in [-0.39, 0.29) is 5.91 Å². The molecule has 94 valence electrons. The number of rotatable bonds is 5. The van der Waals surface area contributed by atoms with Crippen LogP contribution in [0.5, 0.6) is 0 Å². The number of anilines is 1. The van der Waals surface area contributed by atoms with Crippen LogP contribution in [0.4, 0.5) is 5.69 Å². The van der Waals surface area contributed by atoms with Crippen molar-refractivity contribution >= 4 is 11.6 Å². The minimum atomic E-state index is 0.0130. The summed E-state index contributed by atoms with van der Waals surface area (Å²) in [5.41, 5.74) is 3.23. The monoisotopic (exact) mass is 234 g/mol.